The molecule has 32 heavy (non-hydrogen) atoms. The van der Waals surface area contributed by atoms with Crippen LogP contribution in [0.4, 0.5) is 0 Å². The molecule has 2 unspecified atom stereocenters. The van der Waals surface area contributed by atoms with E-state index in [0.29, 0.717) is 0 Å². The molecule has 1 saturated heterocycles. The Balaban J connectivity index is -0.000000744. The molecule has 1 heterocycles. The number of rotatable bonds is 4. The molecule has 9 heteroatoms. The van der Waals surface area contributed by atoms with Gasteiger partial charge in [0.2, 0.25) is 0 Å². The van der Waals surface area contributed by atoms with Crippen molar-refractivity contribution in [2.24, 2.45) is 0 Å². The van der Waals surface area contributed by atoms with Crippen LogP contribution in [0.2, 0.25) is 0 Å². The Labute approximate surface area is 195 Å². The van der Waals surface area contributed by atoms with Crippen molar-refractivity contribution in [3.8, 4) is 0 Å². The molecule has 1 aliphatic heterocycles. The average molecular weight is 476 g/mol. The van der Waals surface area contributed by atoms with Crippen LogP contribution in [0, 0.1) is 33.3 Å². The Hall–Kier alpha value is -2.32. The molecule has 0 bridgehead atoms. The van der Waals surface area contributed by atoms with E-state index in [1.807, 2.05) is 32.0 Å². The Bertz CT molecular complexity index is 838. The average Bonchev–Trinajstić information content (AvgIpc) is 3.11. The van der Waals surface area contributed by atoms with E-state index >= 15 is 0 Å². The van der Waals surface area contributed by atoms with E-state index in [9.17, 15) is 0 Å². The van der Waals surface area contributed by atoms with E-state index in [2.05, 4.69) is 74.2 Å². The summed E-state index contributed by atoms with van der Waals surface area (Å²) < 4.78 is 55.7. The first-order valence-corrected chi connectivity index (χ1v) is 9.00. The molecule has 0 spiro atoms. The van der Waals surface area contributed by atoms with Crippen molar-refractivity contribution >= 4 is 10.6 Å². The minimum atomic E-state index is -0.566. The van der Waals surface area contributed by atoms with E-state index in [1.54, 1.807) is 7.11 Å². The number of ether oxygens (including phenoxy) is 3. The summed E-state index contributed by atoms with van der Waals surface area (Å²) in [5, 5.41) is 0. The van der Waals surface area contributed by atoms with Crippen LogP contribution >= 0.6 is 0 Å². The molecule has 1 aromatic carbocycles. The Kier molecular flexibility index (Phi) is 20.8. The third kappa shape index (κ3) is 9.44. The molecule has 1 aliphatic carbocycles. The van der Waals surface area contributed by atoms with E-state index in [1.165, 1.54) is 11.1 Å². The van der Waals surface area contributed by atoms with Gasteiger partial charge in [-0.3, -0.25) is 0 Å². The molecule has 8 nitrogen and oxygen atoms in total. The third-order valence-corrected chi connectivity index (χ3v) is 4.57. The van der Waals surface area contributed by atoms with Crippen molar-refractivity contribution in [3.63, 3.8) is 0 Å². The third-order valence-electron chi connectivity index (χ3n) is 3.97. The summed E-state index contributed by atoms with van der Waals surface area (Å²) in [5.41, 5.74) is 4.58. The van der Waals surface area contributed by atoms with Gasteiger partial charge in [-0.1, -0.05) is 0 Å². The Morgan fingerprint density at radius 2 is 1.28 bits per heavy atom. The molecule has 2 atom stereocenters. The molecule has 0 N–H and O–H groups in total. The molecular formula is C23H20CrO8. The van der Waals surface area contributed by atoms with E-state index < -0.39 is 5.79 Å². The summed E-state index contributed by atoms with van der Waals surface area (Å²) in [6.07, 6.45) is 2.09. The molecule has 0 aromatic heterocycles. The first-order valence-electron chi connectivity index (χ1n) is 8.37. The van der Waals surface area contributed by atoms with Gasteiger partial charge in [-0.25, -0.2) is 0 Å². The molecule has 1 aromatic rings. The van der Waals surface area contributed by atoms with Gasteiger partial charge in [0.15, 0.2) is 0 Å². The zero-order valence-electron chi connectivity index (χ0n) is 17.8. The quantitative estimate of drug-likeness (QED) is 0.489. The number of hydrogen-bond acceptors (Lipinski definition) is 3. The van der Waals surface area contributed by atoms with Crippen molar-refractivity contribution in [1.82, 2.24) is 0 Å². The fourth-order valence-corrected chi connectivity index (χ4v) is 3.40. The number of methoxy groups -OCH3 is 1. The molecule has 2 aliphatic rings. The summed E-state index contributed by atoms with van der Waals surface area (Å²) in [4.78, 5) is 0. The Morgan fingerprint density at radius 1 is 0.875 bits per heavy atom. The van der Waals surface area contributed by atoms with E-state index in [-0.39, 0.29) is 12.2 Å². The maximum absolute atomic E-state index is 7.50. The van der Waals surface area contributed by atoms with Crippen molar-refractivity contribution in [2.75, 3.05) is 7.11 Å². The van der Waals surface area contributed by atoms with Gasteiger partial charge in [0.1, 0.15) is 0 Å². The molecule has 1 fully saturated rings. The second-order valence-corrected chi connectivity index (χ2v) is 6.61. The number of hydrogen-bond donors (Lipinski definition) is 0. The second kappa shape index (κ2) is 19.4. The summed E-state index contributed by atoms with van der Waals surface area (Å²) in [5.74, 6) is -0.566. The van der Waals surface area contributed by atoms with Crippen LogP contribution in [0.15, 0.2) is 47.1 Å². The van der Waals surface area contributed by atoms with Crippen molar-refractivity contribution < 1.29 is 53.3 Å². The summed E-state index contributed by atoms with van der Waals surface area (Å²) in [6.45, 7) is 28.5. The molecule has 166 valence electrons. The van der Waals surface area contributed by atoms with Crippen molar-refractivity contribution in [3.05, 3.63) is 85.9 Å². The first kappa shape index (κ1) is 34.3. The van der Waals surface area contributed by atoms with Gasteiger partial charge in [-0.05, 0) is 0 Å². The fourth-order valence-electron chi connectivity index (χ4n) is 3.04. The van der Waals surface area contributed by atoms with Crippen LogP contribution in [0.1, 0.15) is 26.3 Å². The van der Waals surface area contributed by atoms with Crippen LogP contribution in [0.3, 0.4) is 0 Å². The fraction of sp³-hybridized carbons (Fsp3) is 0.304. The van der Waals surface area contributed by atoms with Gasteiger partial charge in [-0.15, -0.1) is 0 Å². The zero-order chi connectivity index (χ0) is 25.9. The van der Waals surface area contributed by atoms with E-state index in [4.69, 9.17) is 37.5 Å². The number of benzene rings is 1. The minimum absolute atomic E-state index is 0.0246. The van der Waals surface area contributed by atoms with Crippen molar-refractivity contribution in [2.45, 2.75) is 38.8 Å². The SMILES string of the molecule is CO[C](=[Cr])C1=C(/C(C)=C/c2ccccc2)C2OC(C)(C)OC12.[C-]#[O+].[C-]#[O+].[C-]#[O+].[C-]#[O+].[C-]#[O+]. The monoisotopic (exact) mass is 476 g/mol. The normalized spacial score (nSPS) is 18.6. The molecule has 0 saturated carbocycles. The van der Waals surface area contributed by atoms with Crippen LogP contribution in [0.25, 0.3) is 6.08 Å². The van der Waals surface area contributed by atoms with Crippen LogP contribution in [-0.2, 0) is 53.3 Å². The predicted molar refractivity (Wildman–Crippen MR) is 103 cm³/mol. The summed E-state index contributed by atoms with van der Waals surface area (Å²) in [7, 11) is 1.67. The van der Waals surface area contributed by atoms with E-state index in [0.717, 1.165) is 15.7 Å². The van der Waals surface area contributed by atoms with Gasteiger partial charge in [0.05, 0.1) is 0 Å². The van der Waals surface area contributed by atoms with Crippen LogP contribution in [-0.4, -0.2) is 29.7 Å². The van der Waals surface area contributed by atoms with Gasteiger partial charge in [-0.2, -0.15) is 0 Å². The summed E-state index contributed by atoms with van der Waals surface area (Å²) >= 11 is 2.99. The van der Waals surface area contributed by atoms with Gasteiger partial charge in [0, 0.05) is 0 Å². The maximum atomic E-state index is 7.50. The van der Waals surface area contributed by atoms with Crippen LogP contribution < -0.4 is 0 Å². The van der Waals surface area contributed by atoms with Gasteiger partial charge < -0.3 is 0 Å². The molecular weight excluding hydrogens is 456 g/mol. The number of fused-ring (bicyclic) bond motifs is 1. The Morgan fingerprint density at radius 3 is 1.69 bits per heavy atom. The van der Waals surface area contributed by atoms with Gasteiger partial charge >= 0.3 is 196 Å². The van der Waals surface area contributed by atoms with Gasteiger partial charge in [0.25, 0.3) is 0 Å². The van der Waals surface area contributed by atoms with Crippen molar-refractivity contribution in [1.29, 1.82) is 0 Å². The first-order chi connectivity index (χ1) is 15.4. The molecule has 0 amide bonds. The topological polar surface area (TPSA) is 127 Å². The van der Waals surface area contributed by atoms with Crippen LogP contribution in [0.5, 0.6) is 0 Å². The zero-order valence-corrected chi connectivity index (χ0v) is 19.1. The molecule has 0 radical (unpaired) electrons. The predicted octanol–water partition coefficient (Wildman–Crippen LogP) is 3.06. The summed E-state index contributed by atoms with van der Waals surface area (Å²) in [6, 6.07) is 10.3. The second-order valence-electron chi connectivity index (χ2n) is 6.03. The molecule has 3 rings (SSSR count). The standard InChI is InChI=1S/C18H20O3.5CO.Cr/c1-12(10-13-8-6-5-7-9-13)15-14(11-19-4)16-17(15)21-18(2,3)20-16;5*1-2;/h5-10,16-17H,1-4H3;;;;;;/b12-10+;;;;;;.